The molecular formula is C24H21N5O4S. The highest BCUT2D eigenvalue weighted by molar-refractivity contribution is 7.11. The second kappa shape index (κ2) is 8.56. The maximum Gasteiger partial charge on any atom is 0.272 e. The Balaban J connectivity index is 1.36. The van der Waals surface area contributed by atoms with Crippen molar-refractivity contribution in [3.8, 4) is 22.8 Å². The zero-order valence-electron chi connectivity index (χ0n) is 18.4. The number of H-pyrrole nitrogens is 1. The number of methoxy groups -OCH3 is 2. The van der Waals surface area contributed by atoms with E-state index >= 15 is 0 Å². The van der Waals surface area contributed by atoms with Gasteiger partial charge in [0.05, 0.1) is 37.6 Å². The van der Waals surface area contributed by atoms with Crippen molar-refractivity contribution in [1.82, 2.24) is 20.4 Å². The lowest BCUT2D eigenvalue weighted by molar-refractivity contribution is 0.0876. The van der Waals surface area contributed by atoms with E-state index in [1.807, 2.05) is 41.8 Å². The number of benzene rings is 2. The van der Waals surface area contributed by atoms with Gasteiger partial charge in [0.2, 0.25) is 0 Å². The Morgan fingerprint density at radius 3 is 2.79 bits per heavy atom. The fourth-order valence-corrected chi connectivity index (χ4v) is 4.75. The molecular weight excluding hydrogens is 454 g/mol. The molecule has 1 aliphatic rings. The number of aromatic nitrogens is 2. The third-order valence-electron chi connectivity index (χ3n) is 5.57. The molecule has 5 rings (SSSR count). The highest BCUT2D eigenvalue weighted by atomic mass is 32.1. The van der Waals surface area contributed by atoms with Gasteiger partial charge in [0.1, 0.15) is 10.8 Å². The van der Waals surface area contributed by atoms with Crippen molar-refractivity contribution in [2.75, 3.05) is 20.8 Å². The molecule has 0 spiro atoms. The maximum absolute atomic E-state index is 12.9. The number of rotatable bonds is 6. The third-order valence-corrected chi connectivity index (χ3v) is 6.43. The lowest BCUT2D eigenvalue weighted by atomic mass is 10.1. The van der Waals surface area contributed by atoms with Crippen LogP contribution >= 0.6 is 11.3 Å². The molecule has 0 saturated carbocycles. The SMILES string of the molecule is COc1ccc(-c2csc(C3=C(O)CN(NC(=O)c4c[nH]c5ccccc45)C3=N)n2)cc1OC. The molecule has 0 unspecified atom stereocenters. The summed E-state index contributed by atoms with van der Waals surface area (Å²) in [6.45, 7) is -0.0203. The highest BCUT2D eigenvalue weighted by Gasteiger charge is 2.32. The molecule has 3 heterocycles. The summed E-state index contributed by atoms with van der Waals surface area (Å²) in [5, 5.41) is 23.6. The first kappa shape index (κ1) is 21.5. The second-order valence-corrected chi connectivity index (χ2v) is 8.41. The molecule has 0 fully saturated rings. The molecule has 34 heavy (non-hydrogen) atoms. The summed E-state index contributed by atoms with van der Waals surface area (Å²) in [5.41, 5.74) is 5.80. The average Bonchev–Trinajstić information content (AvgIpc) is 3.56. The largest absolute Gasteiger partial charge is 0.509 e. The van der Waals surface area contributed by atoms with Gasteiger partial charge in [-0.2, -0.15) is 0 Å². The van der Waals surface area contributed by atoms with Gasteiger partial charge >= 0.3 is 0 Å². The van der Waals surface area contributed by atoms with Crippen LogP contribution in [0.2, 0.25) is 0 Å². The van der Waals surface area contributed by atoms with Crippen molar-refractivity contribution in [2.45, 2.75) is 0 Å². The summed E-state index contributed by atoms with van der Waals surface area (Å²) < 4.78 is 10.6. The van der Waals surface area contributed by atoms with E-state index in [0.29, 0.717) is 27.8 Å². The number of carbonyl (C=O) groups excluding carboxylic acids is 1. The van der Waals surface area contributed by atoms with Crippen LogP contribution in [0.4, 0.5) is 0 Å². The summed E-state index contributed by atoms with van der Waals surface area (Å²) in [7, 11) is 3.14. The van der Waals surface area contributed by atoms with E-state index in [1.54, 1.807) is 26.5 Å². The minimum Gasteiger partial charge on any atom is -0.509 e. The van der Waals surface area contributed by atoms with Crippen LogP contribution in [0.15, 0.2) is 59.8 Å². The van der Waals surface area contributed by atoms with Crippen LogP contribution in [0, 0.1) is 5.41 Å². The van der Waals surface area contributed by atoms with Crippen LogP contribution in [-0.2, 0) is 0 Å². The number of aliphatic hydroxyl groups excluding tert-OH is 1. The van der Waals surface area contributed by atoms with E-state index in [0.717, 1.165) is 16.5 Å². The fourth-order valence-electron chi connectivity index (χ4n) is 3.86. The Morgan fingerprint density at radius 1 is 1.21 bits per heavy atom. The Hall–Kier alpha value is -4.31. The van der Waals surface area contributed by atoms with E-state index < -0.39 is 0 Å². The Bertz CT molecular complexity index is 1450. The number of aromatic amines is 1. The fraction of sp³-hybridized carbons (Fsp3) is 0.125. The quantitative estimate of drug-likeness (QED) is 0.331. The molecule has 10 heteroatoms. The van der Waals surface area contributed by atoms with E-state index in [-0.39, 0.29) is 29.6 Å². The molecule has 0 saturated heterocycles. The van der Waals surface area contributed by atoms with Gasteiger partial charge in [-0.15, -0.1) is 11.3 Å². The van der Waals surface area contributed by atoms with Crippen molar-refractivity contribution in [1.29, 1.82) is 5.41 Å². The molecule has 0 bridgehead atoms. The summed E-state index contributed by atoms with van der Waals surface area (Å²) in [5.74, 6) is 0.760. The second-order valence-electron chi connectivity index (χ2n) is 7.55. The molecule has 2 aromatic carbocycles. The zero-order valence-corrected chi connectivity index (χ0v) is 19.2. The van der Waals surface area contributed by atoms with Crippen molar-refractivity contribution < 1.29 is 19.4 Å². The van der Waals surface area contributed by atoms with Gasteiger partial charge in [0.25, 0.3) is 5.91 Å². The summed E-state index contributed by atoms with van der Waals surface area (Å²) in [4.78, 5) is 20.6. The Labute approximate surface area is 198 Å². The number of hydrogen-bond donors (Lipinski definition) is 4. The first-order valence-corrected chi connectivity index (χ1v) is 11.2. The van der Waals surface area contributed by atoms with Crippen molar-refractivity contribution in [3.63, 3.8) is 0 Å². The standard InChI is InChI=1S/C24H21N5O4S/c1-32-19-8-7-13(9-20(19)33-2)17-12-34-24(27-17)21-18(30)11-29(22(21)25)28-23(31)15-10-26-16-6-4-3-5-14(15)16/h3-10,12,25-26,30H,11H2,1-2H3,(H,28,31). The first-order chi connectivity index (χ1) is 16.5. The molecule has 0 radical (unpaired) electrons. The minimum atomic E-state index is -0.374. The summed E-state index contributed by atoms with van der Waals surface area (Å²) in [6, 6.07) is 13.0. The van der Waals surface area contributed by atoms with Gasteiger partial charge in [-0.25, -0.2) is 4.98 Å². The topological polar surface area (TPSA) is 124 Å². The minimum absolute atomic E-state index is 0.0203. The lowest BCUT2D eigenvalue weighted by Crippen LogP contribution is -2.43. The molecule has 4 aromatic rings. The van der Waals surface area contributed by atoms with Crippen LogP contribution < -0.4 is 14.9 Å². The Kier molecular flexibility index (Phi) is 5.42. The van der Waals surface area contributed by atoms with E-state index in [1.165, 1.54) is 16.3 Å². The van der Waals surface area contributed by atoms with Crippen LogP contribution in [0.25, 0.3) is 27.7 Å². The molecule has 172 valence electrons. The van der Waals surface area contributed by atoms with Gasteiger partial charge in [-0.1, -0.05) is 18.2 Å². The van der Waals surface area contributed by atoms with Gasteiger partial charge in [0.15, 0.2) is 17.3 Å². The van der Waals surface area contributed by atoms with Crippen molar-refractivity contribution in [2.24, 2.45) is 0 Å². The number of aliphatic hydroxyl groups is 1. The third kappa shape index (κ3) is 3.63. The number of ether oxygens (including phenoxy) is 2. The van der Waals surface area contributed by atoms with Crippen molar-refractivity contribution >= 4 is 39.6 Å². The van der Waals surface area contributed by atoms with Crippen LogP contribution in [0.5, 0.6) is 11.5 Å². The van der Waals surface area contributed by atoms with Crippen LogP contribution in [-0.4, -0.2) is 52.6 Å². The number of fused-ring (bicyclic) bond motifs is 1. The van der Waals surface area contributed by atoms with Gasteiger partial charge in [0, 0.05) is 28.0 Å². The molecule has 4 N–H and O–H groups in total. The molecule has 0 aliphatic carbocycles. The number of amides is 1. The predicted octanol–water partition coefficient (Wildman–Crippen LogP) is 4.22. The normalized spacial score (nSPS) is 13.6. The zero-order chi connectivity index (χ0) is 23.8. The Morgan fingerprint density at radius 2 is 2.00 bits per heavy atom. The van der Waals surface area contributed by atoms with Gasteiger partial charge < -0.3 is 19.6 Å². The lowest BCUT2D eigenvalue weighted by Gasteiger charge is -2.19. The number of para-hydroxylation sites is 1. The summed E-state index contributed by atoms with van der Waals surface area (Å²) >= 11 is 1.31. The number of nitrogens with one attached hydrogen (secondary N) is 3. The molecule has 1 amide bonds. The monoisotopic (exact) mass is 475 g/mol. The van der Waals surface area contributed by atoms with Crippen molar-refractivity contribution in [3.05, 3.63) is 70.4 Å². The van der Waals surface area contributed by atoms with Crippen LogP contribution in [0.3, 0.4) is 0 Å². The average molecular weight is 476 g/mol. The molecule has 1 aliphatic heterocycles. The maximum atomic E-state index is 12.9. The molecule has 0 atom stereocenters. The highest BCUT2D eigenvalue weighted by Crippen LogP contribution is 2.35. The van der Waals surface area contributed by atoms with E-state index in [4.69, 9.17) is 14.9 Å². The van der Waals surface area contributed by atoms with Gasteiger partial charge in [-0.05, 0) is 24.3 Å². The molecule has 2 aromatic heterocycles. The first-order valence-electron chi connectivity index (χ1n) is 10.3. The van der Waals surface area contributed by atoms with E-state index in [2.05, 4.69) is 15.4 Å². The number of nitrogens with zero attached hydrogens (tertiary/aromatic N) is 2. The van der Waals surface area contributed by atoms with Gasteiger partial charge in [-0.3, -0.25) is 20.6 Å². The summed E-state index contributed by atoms with van der Waals surface area (Å²) in [6.07, 6.45) is 1.63. The molecule has 9 nitrogen and oxygen atoms in total. The van der Waals surface area contributed by atoms with E-state index in [9.17, 15) is 9.90 Å². The van der Waals surface area contributed by atoms with Crippen LogP contribution in [0.1, 0.15) is 15.4 Å². The predicted molar refractivity (Wildman–Crippen MR) is 130 cm³/mol. The number of hydrazine groups is 1. The number of thiazole rings is 1. The number of amidine groups is 1. The number of hydrogen-bond acceptors (Lipinski definition) is 7. The number of carbonyl (C=O) groups is 1. The smallest absolute Gasteiger partial charge is 0.272 e.